The number of hydrogen-bond acceptors (Lipinski definition) is 6. The van der Waals surface area contributed by atoms with Crippen molar-refractivity contribution in [3.63, 3.8) is 0 Å². The molecule has 0 saturated carbocycles. The molecule has 6 N–H and O–H groups in total. The van der Waals surface area contributed by atoms with Crippen molar-refractivity contribution in [1.29, 1.82) is 10.8 Å². The normalized spacial score (nSPS) is 9.28. The number of nitrogens with one attached hydrogen (secondary N) is 2. The van der Waals surface area contributed by atoms with Crippen LogP contribution in [-0.4, -0.2) is 17.1 Å². The number of hydrogen-bond donors (Lipinski definition) is 4. The number of rotatable bonds is 6. The van der Waals surface area contributed by atoms with Gasteiger partial charge >= 0.3 is 0 Å². The van der Waals surface area contributed by atoms with Crippen LogP contribution in [0.1, 0.15) is 0 Å². The number of benzene rings is 2. The SMILES string of the molecule is Cl.Cl.N=C(N)Sc1ccc(OCOc2ccc(SC(=N)N)cc2)cc1. The van der Waals surface area contributed by atoms with Gasteiger partial charge in [-0.2, -0.15) is 0 Å². The quantitative estimate of drug-likeness (QED) is 0.243. The lowest BCUT2D eigenvalue weighted by Gasteiger charge is -2.09. The Balaban J connectivity index is 0.00000288. The minimum Gasteiger partial charge on any atom is -0.458 e. The molecule has 0 bridgehead atoms. The van der Waals surface area contributed by atoms with Crippen LogP contribution in [-0.2, 0) is 0 Å². The van der Waals surface area contributed by atoms with E-state index in [0.29, 0.717) is 11.5 Å². The van der Waals surface area contributed by atoms with Gasteiger partial charge in [-0.1, -0.05) is 23.5 Å². The summed E-state index contributed by atoms with van der Waals surface area (Å²) in [6.07, 6.45) is 0. The molecule has 2 rings (SSSR count). The van der Waals surface area contributed by atoms with Crippen molar-refractivity contribution in [2.45, 2.75) is 9.79 Å². The summed E-state index contributed by atoms with van der Waals surface area (Å²) >= 11 is 2.36. The molecule has 0 spiro atoms. The molecule has 2 aromatic carbocycles. The highest BCUT2D eigenvalue weighted by molar-refractivity contribution is 8.14. The van der Waals surface area contributed by atoms with Crippen molar-refractivity contribution >= 4 is 58.7 Å². The molecule has 0 unspecified atom stereocenters. The van der Waals surface area contributed by atoms with Gasteiger partial charge in [-0.3, -0.25) is 10.8 Å². The number of halogens is 2. The Morgan fingerprint density at radius 2 is 1.04 bits per heavy atom. The second-order valence-corrected chi connectivity index (χ2v) is 6.51. The Morgan fingerprint density at radius 3 is 1.32 bits per heavy atom. The molecule has 136 valence electrons. The predicted octanol–water partition coefficient (Wildman–Crippen LogP) is 3.92. The standard InChI is InChI=1S/C15H16N4O2S2.2ClH/c16-14(17)22-12-5-1-10(2-6-12)20-9-21-11-3-7-13(8-4-11)23-15(18)19;;/h1-8H,9H2,(H3,16,17)(H3,18,19);2*1H. The molecule has 25 heavy (non-hydrogen) atoms. The molecule has 0 amide bonds. The molecule has 0 radical (unpaired) electrons. The lowest BCUT2D eigenvalue weighted by molar-refractivity contribution is 0.120. The third-order valence-corrected chi connectivity index (χ3v) is 4.01. The van der Waals surface area contributed by atoms with Crippen LogP contribution in [0.5, 0.6) is 11.5 Å². The molecule has 0 saturated heterocycles. The molecule has 0 aliphatic rings. The number of nitrogens with two attached hydrogens (primary N) is 2. The summed E-state index contributed by atoms with van der Waals surface area (Å²) in [4.78, 5) is 1.76. The minimum atomic E-state index is 0. The first-order valence-electron chi connectivity index (χ1n) is 6.52. The smallest absolute Gasteiger partial charge is 0.230 e. The van der Waals surface area contributed by atoms with E-state index in [1.54, 1.807) is 24.3 Å². The summed E-state index contributed by atoms with van der Waals surface area (Å²) in [7, 11) is 0. The van der Waals surface area contributed by atoms with Crippen LogP contribution in [0, 0.1) is 10.8 Å². The molecule has 0 aliphatic carbocycles. The van der Waals surface area contributed by atoms with E-state index >= 15 is 0 Å². The van der Waals surface area contributed by atoms with Gasteiger partial charge < -0.3 is 20.9 Å². The van der Waals surface area contributed by atoms with Crippen molar-refractivity contribution < 1.29 is 9.47 Å². The second-order valence-electron chi connectivity index (χ2n) is 4.28. The lowest BCUT2D eigenvalue weighted by atomic mass is 10.3. The van der Waals surface area contributed by atoms with E-state index in [0.717, 1.165) is 9.79 Å². The fourth-order valence-corrected chi connectivity index (χ4v) is 2.68. The molecule has 10 heteroatoms. The Labute approximate surface area is 166 Å². The Kier molecular flexibility index (Phi) is 10.9. The Bertz CT molecular complexity index is 625. The Hall–Kier alpha value is -1.74. The van der Waals surface area contributed by atoms with Crippen molar-refractivity contribution in [3.05, 3.63) is 48.5 Å². The van der Waals surface area contributed by atoms with Crippen molar-refractivity contribution in [3.8, 4) is 11.5 Å². The van der Waals surface area contributed by atoms with E-state index < -0.39 is 0 Å². The van der Waals surface area contributed by atoms with Gasteiger partial charge in [0.25, 0.3) is 0 Å². The zero-order chi connectivity index (χ0) is 16.7. The third kappa shape index (κ3) is 8.78. The number of ether oxygens (including phenoxy) is 2. The zero-order valence-corrected chi connectivity index (χ0v) is 16.2. The van der Waals surface area contributed by atoms with E-state index in [2.05, 4.69) is 0 Å². The van der Waals surface area contributed by atoms with Crippen LogP contribution in [0.25, 0.3) is 0 Å². The molecule has 6 nitrogen and oxygen atoms in total. The highest BCUT2D eigenvalue weighted by Gasteiger charge is 2.00. The third-order valence-electron chi connectivity index (χ3n) is 2.55. The van der Waals surface area contributed by atoms with Crippen molar-refractivity contribution in [1.82, 2.24) is 0 Å². The fourth-order valence-electron chi connectivity index (χ4n) is 1.63. The first-order chi connectivity index (χ1) is 11.0. The first kappa shape index (κ1) is 23.3. The molecule has 2 aromatic rings. The van der Waals surface area contributed by atoms with Crippen LogP contribution in [0.15, 0.2) is 58.3 Å². The molecular formula is C15H18Cl2N4O2S2. The van der Waals surface area contributed by atoms with Gasteiger partial charge in [-0.05, 0) is 48.5 Å². The molecular weight excluding hydrogens is 403 g/mol. The zero-order valence-electron chi connectivity index (χ0n) is 12.9. The lowest BCUT2D eigenvalue weighted by Crippen LogP contribution is -2.06. The van der Waals surface area contributed by atoms with Crippen molar-refractivity contribution in [2.75, 3.05) is 6.79 Å². The summed E-state index contributed by atoms with van der Waals surface area (Å²) in [5.41, 5.74) is 10.6. The predicted molar refractivity (Wildman–Crippen MR) is 109 cm³/mol. The van der Waals surface area contributed by atoms with E-state index in [1.165, 1.54) is 23.5 Å². The topological polar surface area (TPSA) is 118 Å². The molecule has 0 heterocycles. The summed E-state index contributed by atoms with van der Waals surface area (Å²) in [5.74, 6) is 1.34. The second kappa shape index (κ2) is 11.8. The van der Waals surface area contributed by atoms with Gasteiger partial charge in [0, 0.05) is 9.79 Å². The maximum atomic E-state index is 7.21. The molecule has 0 aliphatic heterocycles. The first-order valence-corrected chi connectivity index (χ1v) is 8.16. The van der Waals surface area contributed by atoms with Gasteiger partial charge in [0.05, 0.1) is 0 Å². The number of amidine groups is 2. The average molecular weight is 421 g/mol. The van der Waals surface area contributed by atoms with Crippen molar-refractivity contribution in [2.24, 2.45) is 11.5 Å². The largest absolute Gasteiger partial charge is 0.458 e. The number of thioether (sulfide) groups is 2. The molecule has 0 aromatic heterocycles. The average Bonchev–Trinajstić information content (AvgIpc) is 2.50. The van der Waals surface area contributed by atoms with Gasteiger partial charge in [0.2, 0.25) is 6.79 Å². The van der Waals surface area contributed by atoms with E-state index in [1.807, 2.05) is 24.3 Å². The van der Waals surface area contributed by atoms with Crippen LogP contribution in [0.2, 0.25) is 0 Å². The minimum absolute atomic E-state index is 0. The maximum absolute atomic E-state index is 7.21. The van der Waals surface area contributed by atoms with Gasteiger partial charge in [0.1, 0.15) is 11.5 Å². The van der Waals surface area contributed by atoms with Gasteiger partial charge in [-0.25, -0.2) is 0 Å². The monoisotopic (exact) mass is 420 g/mol. The van der Waals surface area contributed by atoms with Crippen LogP contribution in [0.4, 0.5) is 0 Å². The van der Waals surface area contributed by atoms with Crippen LogP contribution < -0.4 is 20.9 Å². The summed E-state index contributed by atoms with van der Waals surface area (Å²) in [5, 5.41) is 14.5. The summed E-state index contributed by atoms with van der Waals surface area (Å²) < 4.78 is 11.0. The van der Waals surface area contributed by atoms with Gasteiger partial charge in [-0.15, -0.1) is 24.8 Å². The van der Waals surface area contributed by atoms with Gasteiger partial charge in [0.15, 0.2) is 10.3 Å². The summed E-state index contributed by atoms with van der Waals surface area (Å²) in [6, 6.07) is 14.5. The van der Waals surface area contributed by atoms with E-state index in [9.17, 15) is 0 Å². The Morgan fingerprint density at radius 1 is 0.720 bits per heavy atom. The van der Waals surface area contributed by atoms with Crippen LogP contribution >= 0.6 is 48.3 Å². The fraction of sp³-hybridized carbons (Fsp3) is 0.0667. The molecule has 0 fully saturated rings. The maximum Gasteiger partial charge on any atom is 0.230 e. The van der Waals surface area contributed by atoms with E-state index in [4.69, 9.17) is 31.8 Å². The summed E-state index contributed by atoms with van der Waals surface area (Å²) in [6.45, 7) is 0.0817. The van der Waals surface area contributed by atoms with E-state index in [-0.39, 0.29) is 41.9 Å². The van der Waals surface area contributed by atoms with Crippen LogP contribution in [0.3, 0.4) is 0 Å². The highest BCUT2D eigenvalue weighted by Crippen LogP contribution is 2.22. The molecule has 0 atom stereocenters. The highest BCUT2D eigenvalue weighted by atomic mass is 35.5.